The average Bonchev–Trinajstić information content (AvgIpc) is 3.10. The van der Waals surface area contributed by atoms with Gasteiger partial charge in [0.2, 0.25) is 0 Å². The number of nitrogens with two attached hydrogens (primary N) is 1. The van der Waals surface area contributed by atoms with E-state index in [2.05, 4.69) is 32.1 Å². The number of rotatable bonds is 7. The molecule has 3 aromatic heterocycles. The SMILES string of the molecule is CCN(CCN)c1ncc(-c2cccc(Nc3cc(C)ccn3)n2)s1. The lowest BCUT2D eigenvalue weighted by Gasteiger charge is -2.18. The lowest BCUT2D eigenvalue weighted by Crippen LogP contribution is -2.28. The third-order valence-electron chi connectivity index (χ3n) is 3.72. The molecule has 130 valence electrons. The Morgan fingerprint density at radius 2 is 2.08 bits per heavy atom. The molecule has 0 aliphatic carbocycles. The van der Waals surface area contributed by atoms with E-state index in [-0.39, 0.29) is 0 Å². The van der Waals surface area contributed by atoms with Crippen LogP contribution in [0.15, 0.2) is 42.7 Å². The van der Waals surface area contributed by atoms with Crippen molar-refractivity contribution in [2.24, 2.45) is 5.73 Å². The van der Waals surface area contributed by atoms with E-state index in [9.17, 15) is 0 Å². The molecule has 0 aromatic carbocycles. The lowest BCUT2D eigenvalue weighted by molar-refractivity contribution is 0.812. The van der Waals surface area contributed by atoms with Crippen molar-refractivity contribution in [3.63, 3.8) is 0 Å². The van der Waals surface area contributed by atoms with Gasteiger partial charge in [0, 0.05) is 32.0 Å². The van der Waals surface area contributed by atoms with E-state index < -0.39 is 0 Å². The maximum atomic E-state index is 5.67. The van der Waals surface area contributed by atoms with Gasteiger partial charge in [0.1, 0.15) is 11.6 Å². The molecule has 0 bridgehead atoms. The summed E-state index contributed by atoms with van der Waals surface area (Å²) in [5.74, 6) is 1.55. The van der Waals surface area contributed by atoms with Crippen LogP contribution in [0, 0.1) is 6.92 Å². The number of hydrogen-bond acceptors (Lipinski definition) is 7. The summed E-state index contributed by atoms with van der Waals surface area (Å²) in [6.07, 6.45) is 3.66. The predicted octanol–water partition coefficient (Wildman–Crippen LogP) is 3.44. The normalized spacial score (nSPS) is 10.7. The second kappa shape index (κ2) is 8.04. The van der Waals surface area contributed by atoms with Crippen LogP contribution in [0.25, 0.3) is 10.6 Å². The number of likely N-dealkylation sites (N-methyl/N-ethyl adjacent to an activating group) is 1. The van der Waals surface area contributed by atoms with Crippen LogP contribution in [0.2, 0.25) is 0 Å². The van der Waals surface area contributed by atoms with Crippen LogP contribution in [-0.2, 0) is 0 Å². The van der Waals surface area contributed by atoms with E-state index in [1.54, 1.807) is 17.5 Å². The second-order valence-electron chi connectivity index (χ2n) is 5.63. The Kier molecular flexibility index (Phi) is 5.57. The molecule has 3 aromatic rings. The summed E-state index contributed by atoms with van der Waals surface area (Å²) in [5, 5.41) is 4.23. The highest BCUT2D eigenvalue weighted by Gasteiger charge is 2.11. The van der Waals surface area contributed by atoms with E-state index in [1.165, 1.54) is 0 Å². The molecule has 6 nitrogen and oxygen atoms in total. The van der Waals surface area contributed by atoms with Gasteiger partial charge >= 0.3 is 0 Å². The molecule has 0 aliphatic rings. The Hall–Kier alpha value is -2.51. The van der Waals surface area contributed by atoms with Crippen LogP contribution in [0.4, 0.5) is 16.8 Å². The van der Waals surface area contributed by atoms with Gasteiger partial charge in [-0.2, -0.15) is 0 Å². The molecule has 25 heavy (non-hydrogen) atoms. The molecular weight excluding hydrogens is 332 g/mol. The Bertz CT molecular complexity index is 832. The third-order valence-corrected chi connectivity index (χ3v) is 4.80. The summed E-state index contributed by atoms with van der Waals surface area (Å²) >= 11 is 1.63. The van der Waals surface area contributed by atoms with E-state index in [0.29, 0.717) is 6.54 Å². The number of nitrogens with one attached hydrogen (secondary N) is 1. The Morgan fingerprint density at radius 3 is 2.84 bits per heavy atom. The number of pyridine rings is 2. The van der Waals surface area contributed by atoms with Crippen molar-refractivity contribution < 1.29 is 0 Å². The molecule has 3 rings (SSSR count). The highest BCUT2D eigenvalue weighted by molar-refractivity contribution is 7.18. The maximum absolute atomic E-state index is 5.67. The lowest BCUT2D eigenvalue weighted by atomic mass is 10.3. The fraction of sp³-hybridized carbons (Fsp3) is 0.278. The van der Waals surface area contributed by atoms with E-state index >= 15 is 0 Å². The molecule has 0 radical (unpaired) electrons. The molecule has 0 unspecified atom stereocenters. The van der Waals surface area contributed by atoms with E-state index in [4.69, 9.17) is 5.73 Å². The minimum atomic E-state index is 0.615. The molecule has 3 heterocycles. The van der Waals surface area contributed by atoms with E-state index in [1.807, 2.05) is 43.5 Å². The standard InChI is InChI=1S/C18H22N6S/c1-3-24(10-8-19)18-21-12-15(25-18)14-5-4-6-16(22-14)23-17-11-13(2)7-9-20-17/h4-7,9,11-12H,3,8,10,19H2,1-2H3,(H,20,22,23). The zero-order valence-corrected chi connectivity index (χ0v) is 15.3. The van der Waals surface area contributed by atoms with Crippen molar-refractivity contribution >= 4 is 28.1 Å². The van der Waals surface area contributed by atoms with Gasteiger partial charge in [0.15, 0.2) is 5.13 Å². The fourth-order valence-corrected chi connectivity index (χ4v) is 3.43. The molecule has 0 saturated carbocycles. The van der Waals surface area contributed by atoms with Gasteiger partial charge in [-0.05, 0) is 43.7 Å². The van der Waals surface area contributed by atoms with Gasteiger partial charge in [-0.15, -0.1) is 0 Å². The summed E-state index contributed by atoms with van der Waals surface area (Å²) in [4.78, 5) is 16.7. The van der Waals surface area contributed by atoms with Crippen LogP contribution in [0.1, 0.15) is 12.5 Å². The van der Waals surface area contributed by atoms with E-state index in [0.717, 1.165) is 46.0 Å². The highest BCUT2D eigenvalue weighted by Crippen LogP contribution is 2.30. The predicted molar refractivity (Wildman–Crippen MR) is 105 cm³/mol. The summed E-state index contributed by atoms with van der Waals surface area (Å²) in [7, 11) is 0. The van der Waals surface area contributed by atoms with Crippen molar-refractivity contribution in [3.8, 4) is 10.6 Å². The molecule has 0 aliphatic heterocycles. The molecule has 0 amide bonds. The van der Waals surface area contributed by atoms with Crippen LogP contribution in [0.5, 0.6) is 0 Å². The van der Waals surface area contributed by atoms with Crippen molar-refractivity contribution in [3.05, 3.63) is 48.3 Å². The van der Waals surface area contributed by atoms with Crippen LogP contribution in [-0.4, -0.2) is 34.6 Å². The number of nitrogens with zero attached hydrogens (tertiary/aromatic N) is 4. The molecular formula is C18H22N6S. The first-order chi connectivity index (χ1) is 12.2. The minimum Gasteiger partial charge on any atom is -0.347 e. The monoisotopic (exact) mass is 354 g/mol. The van der Waals surface area contributed by atoms with Crippen LogP contribution < -0.4 is 16.0 Å². The van der Waals surface area contributed by atoms with Crippen molar-refractivity contribution in [1.29, 1.82) is 0 Å². The summed E-state index contributed by atoms with van der Waals surface area (Å²) in [6.45, 7) is 6.45. The molecule has 0 saturated heterocycles. The van der Waals surface area contributed by atoms with Gasteiger partial charge in [-0.1, -0.05) is 17.4 Å². The number of thiazole rings is 1. The quantitative estimate of drug-likeness (QED) is 0.676. The number of anilines is 3. The van der Waals surface area contributed by atoms with Gasteiger partial charge in [0.05, 0.1) is 10.6 Å². The number of aryl methyl sites for hydroxylation is 1. The Morgan fingerprint density at radius 1 is 1.20 bits per heavy atom. The molecule has 0 atom stereocenters. The smallest absolute Gasteiger partial charge is 0.185 e. The Balaban J connectivity index is 1.81. The van der Waals surface area contributed by atoms with Crippen LogP contribution >= 0.6 is 11.3 Å². The molecule has 0 spiro atoms. The van der Waals surface area contributed by atoms with Gasteiger partial charge in [-0.25, -0.2) is 15.0 Å². The number of hydrogen-bond donors (Lipinski definition) is 2. The molecule has 7 heteroatoms. The van der Waals surface area contributed by atoms with Gasteiger partial charge in [0.25, 0.3) is 0 Å². The first-order valence-electron chi connectivity index (χ1n) is 8.27. The minimum absolute atomic E-state index is 0.615. The van der Waals surface area contributed by atoms with Gasteiger partial charge in [-0.3, -0.25) is 0 Å². The highest BCUT2D eigenvalue weighted by atomic mass is 32.1. The summed E-state index contributed by atoms with van der Waals surface area (Å²) in [5.41, 5.74) is 7.72. The first-order valence-corrected chi connectivity index (χ1v) is 9.09. The van der Waals surface area contributed by atoms with Crippen LogP contribution in [0.3, 0.4) is 0 Å². The maximum Gasteiger partial charge on any atom is 0.185 e. The first kappa shape index (κ1) is 17.3. The number of aromatic nitrogens is 3. The zero-order valence-electron chi connectivity index (χ0n) is 14.4. The van der Waals surface area contributed by atoms with Crippen molar-refractivity contribution in [2.45, 2.75) is 13.8 Å². The van der Waals surface area contributed by atoms with Gasteiger partial charge < -0.3 is 16.0 Å². The summed E-state index contributed by atoms with van der Waals surface area (Å²) < 4.78 is 0. The third kappa shape index (κ3) is 4.32. The Labute approximate surface area is 151 Å². The molecule has 0 fully saturated rings. The van der Waals surface area contributed by atoms with Crippen molar-refractivity contribution in [2.75, 3.05) is 29.9 Å². The summed E-state index contributed by atoms with van der Waals surface area (Å²) in [6, 6.07) is 9.87. The largest absolute Gasteiger partial charge is 0.347 e. The second-order valence-corrected chi connectivity index (χ2v) is 6.64. The van der Waals surface area contributed by atoms with Crippen molar-refractivity contribution in [1.82, 2.24) is 15.0 Å². The fourth-order valence-electron chi connectivity index (χ4n) is 2.45. The average molecular weight is 354 g/mol. The topological polar surface area (TPSA) is 80.0 Å². The zero-order chi connectivity index (χ0) is 17.6. The molecule has 3 N–H and O–H groups in total.